The molecule has 158 valence electrons. The highest BCUT2D eigenvalue weighted by molar-refractivity contribution is 5.94. The number of urea groups is 1. The second-order valence-corrected chi connectivity index (χ2v) is 7.01. The Morgan fingerprint density at radius 2 is 1.63 bits per heavy atom. The molecule has 1 heterocycles. The van der Waals surface area contributed by atoms with E-state index in [9.17, 15) is 18.8 Å². The maximum absolute atomic E-state index is 13.6. The van der Waals surface area contributed by atoms with Crippen LogP contribution >= 0.6 is 0 Å². The van der Waals surface area contributed by atoms with Crippen LogP contribution in [0, 0.1) is 5.82 Å². The number of nitrogens with zero attached hydrogens (tertiary/aromatic N) is 2. The number of carbonyl (C=O) groups excluding carboxylic acids is 3. The third-order valence-electron chi connectivity index (χ3n) is 4.84. The first-order chi connectivity index (χ1) is 14.4. The Morgan fingerprint density at radius 1 is 0.967 bits per heavy atom. The van der Waals surface area contributed by atoms with Gasteiger partial charge in [0.05, 0.1) is 12.2 Å². The van der Waals surface area contributed by atoms with Gasteiger partial charge in [-0.1, -0.05) is 24.3 Å². The number of amides is 4. The van der Waals surface area contributed by atoms with Crippen LogP contribution in [0.2, 0.25) is 0 Å². The summed E-state index contributed by atoms with van der Waals surface area (Å²) in [7, 11) is 0. The summed E-state index contributed by atoms with van der Waals surface area (Å²) in [5.41, 5.74) is 6.61. The molecule has 9 heteroatoms. The highest BCUT2D eigenvalue weighted by Gasteiger charge is 2.23. The molecule has 0 atom stereocenters. The Labute approximate surface area is 173 Å². The maximum Gasteiger partial charge on any atom is 0.312 e. The number of hydrogen-bond donors (Lipinski definition) is 3. The molecule has 4 N–H and O–H groups in total. The molecule has 0 spiro atoms. The molecule has 0 saturated carbocycles. The monoisotopic (exact) mass is 413 g/mol. The van der Waals surface area contributed by atoms with Crippen LogP contribution in [0.4, 0.5) is 14.9 Å². The number of carbonyl (C=O) groups is 3. The van der Waals surface area contributed by atoms with E-state index in [-0.39, 0.29) is 24.0 Å². The van der Waals surface area contributed by atoms with Crippen LogP contribution in [-0.2, 0) is 11.3 Å². The van der Waals surface area contributed by atoms with E-state index in [1.54, 1.807) is 41.3 Å². The molecule has 1 fully saturated rings. The number of benzene rings is 2. The minimum Gasteiger partial charge on any atom is -0.352 e. The first-order valence-electron chi connectivity index (χ1n) is 9.60. The Balaban J connectivity index is 1.46. The molecule has 0 bridgehead atoms. The largest absolute Gasteiger partial charge is 0.352 e. The summed E-state index contributed by atoms with van der Waals surface area (Å²) in [5, 5.41) is 5.07. The molecule has 4 amide bonds. The maximum atomic E-state index is 13.6. The second kappa shape index (κ2) is 9.84. The highest BCUT2D eigenvalue weighted by Crippen LogP contribution is 2.13. The van der Waals surface area contributed by atoms with Gasteiger partial charge >= 0.3 is 6.03 Å². The Bertz CT molecular complexity index is 911. The molecule has 3 rings (SSSR count). The van der Waals surface area contributed by atoms with Gasteiger partial charge in [0, 0.05) is 38.3 Å². The average Bonchev–Trinajstić information content (AvgIpc) is 2.74. The van der Waals surface area contributed by atoms with Crippen LogP contribution in [0.15, 0.2) is 48.5 Å². The zero-order valence-corrected chi connectivity index (χ0v) is 16.4. The summed E-state index contributed by atoms with van der Waals surface area (Å²) < 4.78 is 13.6. The third-order valence-corrected chi connectivity index (χ3v) is 4.84. The number of halogens is 1. The van der Waals surface area contributed by atoms with Crippen molar-refractivity contribution < 1.29 is 18.8 Å². The normalized spacial score (nSPS) is 14.2. The molecule has 1 saturated heterocycles. The van der Waals surface area contributed by atoms with Crippen molar-refractivity contribution >= 4 is 23.5 Å². The van der Waals surface area contributed by atoms with Gasteiger partial charge in [-0.25, -0.2) is 9.18 Å². The van der Waals surface area contributed by atoms with Crippen LogP contribution in [0.25, 0.3) is 0 Å². The number of nitrogens with two attached hydrogens (primary N) is 1. The van der Waals surface area contributed by atoms with E-state index >= 15 is 0 Å². The molecule has 2 aromatic carbocycles. The van der Waals surface area contributed by atoms with Crippen LogP contribution in [0.3, 0.4) is 0 Å². The molecule has 0 aromatic heterocycles. The lowest BCUT2D eigenvalue weighted by Crippen LogP contribution is -2.50. The van der Waals surface area contributed by atoms with Gasteiger partial charge in [-0.2, -0.15) is 0 Å². The van der Waals surface area contributed by atoms with Crippen molar-refractivity contribution in [3.05, 3.63) is 65.5 Å². The molecular formula is C21H24FN5O3. The molecule has 1 aliphatic heterocycles. The molecule has 0 unspecified atom stereocenters. The second-order valence-electron chi connectivity index (χ2n) is 7.01. The summed E-state index contributed by atoms with van der Waals surface area (Å²) in [6, 6.07) is 12.4. The molecule has 30 heavy (non-hydrogen) atoms. The van der Waals surface area contributed by atoms with Crippen molar-refractivity contribution in [2.24, 2.45) is 5.73 Å². The summed E-state index contributed by atoms with van der Waals surface area (Å²) in [6.45, 7) is 2.54. The van der Waals surface area contributed by atoms with Crippen molar-refractivity contribution in [3.63, 3.8) is 0 Å². The van der Waals surface area contributed by atoms with Crippen molar-refractivity contribution in [2.75, 3.05) is 38.0 Å². The fraction of sp³-hybridized carbons (Fsp3) is 0.286. The Hall–Kier alpha value is -3.46. The topological polar surface area (TPSA) is 108 Å². The Kier molecular flexibility index (Phi) is 6.97. The first-order valence-corrected chi connectivity index (χ1v) is 9.60. The van der Waals surface area contributed by atoms with Gasteiger partial charge in [-0.15, -0.1) is 0 Å². The summed E-state index contributed by atoms with van der Waals surface area (Å²) in [4.78, 5) is 39.3. The van der Waals surface area contributed by atoms with Gasteiger partial charge in [-0.3, -0.25) is 14.5 Å². The number of rotatable bonds is 6. The van der Waals surface area contributed by atoms with Crippen LogP contribution in [-0.4, -0.2) is 60.4 Å². The van der Waals surface area contributed by atoms with E-state index in [1.165, 1.54) is 12.1 Å². The number of piperazine rings is 1. The van der Waals surface area contributed by atoms with Crippen molar-refractivity contribution in [2.45, 2.75) is 6.54 Å². The fourth-order valence-electron chi connectivity index (χ4n) is 3.20. The van der Waals surface area contributed by atoms with E-state index in [1.807, 2.05) is 4.90 Å². The van der Waals surface area contributed by atoms with Gasteiger partial charge < -0.3 is 21.3 Å². The molecule has 0 aliphatic carbocycles. The fourth-order valence-corrected chi connectivity index (χ4v) is 3.20. The molecule has 1 aliphatic rings. The summed E-state index contributed by atoms with van der Waals surface area (Å²) in [5.74, 6) is -0.849. The molecular weight excluding hydrogens is 389 g/mol. The van der Waals surface area contributed by atoms with E-state index in [4.69, 9.17) is 5.73 Å². The number of para-hydroxylation sites is 1. The number of nitrogens with one attached hydrogen (secondary N) is 2. The van der Waals surface area contributed by atoms with Crippen molar-refractivity contribution in [1.82, 2.24) is 15.1 Å². The first kappa shape index (κ1) is 21.3. The van der Waals surface area contributed by atoms with Crippen molar-refractivity contribution in [3.8, 4) is 0 Å². The minimum absolute atomic E-state index is 0.0835. The van der Waals surface area contributed by atoms with E-state index in [0.29, 0.717) is 38.3 Å². The predicted molar refractivity (Wildman–Crippen MR) is 110 cm³/mol. The lowest BCUT2D eigenvalue weighted by molar-refractivity contribution is -0.117. The molecule has 8 nitrogen and oxygen atoms in total. The van der Waals surface area contributed by atoms with Crippen LogP contribution < -0.4 is 16.4 Å². The van der Waals surface area contributed by atoms with E-state index in [0.717, 1.165) is 5.56 Å². The van der Waals surface area contributed by atoms with Gasteiger partial charge in [0.15, 0.2) is 0 Å². The lowest BCUT2D eigenvalue weighted by Gasteiger charge is -2.34. The van der Waals surface area contributed by atoms with E-state index in [2.05, 4.69) is 10.6 Å². The third kappa shape index (κ3) is 5.77. The number of anilines is 1. The Morgan fingerprint density at radius 3 is 2.27 bits per heavy atom. The highest BCUT2D eigenvalue weighted by atomic mass is 19.1. The zero-order chi connectivity index (χ0) is 21.5. The van der Waals surface area contributed by atoms with Gasteiger partial charge in [-0.05, 0) is 29.8 Å². The lowest BCUT2D eigenvalue weighted by atomic mass is 10.1. The number of primary amides is 1. The summed E-state index contributed by atoms with van der Waals surface area (Å²) in [6.07, 6.45) is 0. The number of hydrogen-bond acceptors (Lipinski definition) is 4. The smallest absolute Gasteiger partial charge is 0.312 e. The minimum atomic E-state index is -0.601. The summed E-state index contributed by atoms with van der Waals surface area (Å²) >= 11 is 0. The average molecular weight is 413 g/mol. The standard InChI is InChI=1S/C21H24FN5O3/c22-17-3-1-2-4-18(17)25-19(28)14-26-9-11-27(12-10-26)20(29)16-7-5-15(6-8-16)13-24-21(23)30/h1-8H,9-14H2,(H,25,28)(H3,23,24,30). The SMILES string of the molecule is NC(=O)NCc1ccc(C(=O)N2CCN(CC(=O)Nc3ccccc3F)CC2)cc1. The van der Waals surface area contributed by atoms with Crippen molar-refractivity contribution in [1.29, 1.82) is 0 Å². The van der Waals surface area contributed by atoms with Gasteiger partial charge in [0.2, 0.25) is 5.91 Å². The molecule has 2 aromatic rings. The van der Waals surface area contributed by atoms with Gasteiger partial charge in [0.1, 0.15) is 5.82 Å². The van der Waals surface area contributed by atoms with Gasteiger partial charge in [0.25, 0.3) is 5.91 Å². The molecule has 0 radical (unpaired) electrons. The van der Waals surface area contributed by atoms with Crippen LogP contribution in [0.5, 0.6) is 0 Å². The quantitative estimate of drug-likeness (QED) is 0.665. The van der Waals surface area contributed by atoms with E-state index < -0.39 is 11.8 Å². The van der Waals surface area contributed by atoms with Crippen LogP contribution in [0.1, 0.15) is 15.9 Å². The predicted octanol–water partition coefficient (Wildman–Crippen LogP) is 1.39. The zero-order valence-electron chi connectivity index (χ0n) is 16.4.